The molecule has 7 heavy (non-hydrogen) atoms. The van der Waals surface area contributed by atoms with Crippen molar-refractivity contribution in [2.24, 2.45) is 0 Å². The van der Waals surface area contributed by atoms with Crippen molar-refractivity contribution in [3.8, 4) is 0 Å². The van der Waals surface area contributed by atoms with Crippen LogP contribution < -0.4 is 116 Å². The molecule has 0 rings (SSSR count). The zero-order chi connectivity index (χ0) is 0. The fourth-order valence-electron chi connectivity index (χ4n) is 0. The van der Waals surface area contributed by atoms with Crippen molar-refractivity contribution in [2.45, 2.75) is 0 Å². The summed E-state index contributed by atoms with van der Waals surface area (Å²) in [4.78, 5) is 0. The molecule has 4 nitrogen and oxygen atoms in total. The zero-order valence-corrected chi connectivity index (χ0v) is 17.2. The average molecular weight is 427 g/mol. The summed E-state index contributed by atoms with van der Waals surface area (Å²) in [5.74, 6) is 0. The van der Waals surface area contributed by atoms with E-state index in [4.69, 9.17) is 0 Å². The molecule has 0 saturated carbocycles. The first-order chi connectivity index (χ1) is 0. The Labute approximate surface area is 154 Å². The Morgan fingerprint density at radius 3 is 0.429 bits per heavy atom. The summed E-state index contributed by atoms with van der Waals surface area (Å²) >= 11 is 0. The summed E-state index contributed by atoms with van der Waals surface area (Å²) in [5, 5.41) is 0. The maximum absolute atomic E-state index is 0. The van der Waals surface area contributed by atoms with Gasteiger partial charge in [0, 0.05) is 21.1 Å². The topological polar surface area (TPSA) is 126 Å². The molecule has 8 N–H and O–H groups in total. The fourth-order valence-corrected chi connectivity index (χ4v) is 0. The van der Waals surface area contributed by atoms with Gasteiger partial charge in [0.05, 0.1) is 0 Å². The Morgan fingerprint density at radius 1 is 0.429 bits per heavy atom. The minimum absolute atomic E-state index is 0. The molecule has 0 aliphatic rings. The standard InChI is InChI=1S/4H2O.2Rb.W/h4*1H2;;;/q;;;;2*+1;. The normalized spacial score (nSPS) is 0. The van der Waals surface area contributed by atoms with Gasteiger partial charge in [-0.1, -0.05) is 0 Å². The summed E-state index contributed by atoms with van der Waals surface area (Å²) in [7, 11) is 0. The molecular formula is H8O4Rb2W+2. The molecule has 0 atom stereocenters. The van der Waals surface area contributed by atoms with Crippen LogP contribution >= 0.6 is 0 Å². The second kappa shape index (κ2) is 49.4. The van der Waals surface area contributed by atoms with Crippen molar-refractivity contribution in [3.63, 3.8) is 0 Å². The van der Waals surface area contributed by atoms with Gasteiger partial charge in [0.2, 0.25) is 0 Å². The molecule has 0 unspecified atom stereocenters. The van der Waals surface area contributed by atoms with Gasteiger partial charge in [-0.25, -0.2) is 0 Å². The van der Waals surface area contributed by atoms with Crippen LogP contribution in [-0.2, 0) is 21.1 Å². The summed E-state index contributed by atoms with van der Waals surface area (Å²) in [5.41, 5.74) is 0. The van der Waals surface area contributed by atoms with E-state index < -0.39 is 0 Å². The second-order valence-corrected chi connectivity index (χ2v) is 0. The molecule has 0 aromatic heterocycles. The van der Waals surface area contributed by atoms with E-state index in [0.717, 1.165) is 0 Å². The molecular weight excluding hydrogens is 419 g/mol. The van der Waals surface area contributed by atoms with Crippen LogP contribution in [0.1, 0.15) is 0 Å². The van der Waals surface area contributed by atoms with Gasteiger partial charge in [0.15, 0.2) is 0 Å². The third-order valence-electron chi connectivity index (χ3n) is 0. The molecule has 0 amide bonds. The van der Waals surface area contributed by atoms with Crippen molar-refractivity contribution in [1.29, 1.82) is 0 Å². The molecule has 0 bridgehead atoms. The van der Waals surface area contributed by atoms with Crippen molar-refractivity contribution in [3.05, 3.63) is 0 Å². The maximum Gasteiger partial charge on any atom is 1.00 e. The van der Waals surface area contributed by atoms with Crippen molar-refractivity contribution in [1.82, 2.24) is 0 Å². The van der Waals surface area contributed by atoms with Crippen LogP contribution in [0.5, 0.6) is 0 Å². The van der Waals surface area contributed by atoms with E-state index in [1.165, 1.54) is 0 Å². The van der Waals surface area contributed by atoms with Gasteiger partial charge < -0.3 is 21.9 Å². The molecule has 0 aromatic rings. The van der Waals surface area contributed by atoms with E-state index in [1.54, 1.807) is 0 Å². The maximum atomic E-state index is 0. The van der Waals surface area contributed by atoms with Crippen LogP contribution in [-0.4, -0.2) is 21.9 Å². The molecule has 0 saturated heterocycles. The Morgan fingerprint density at radius 2 is 0.429 bits per heavy atom. The average Bonchev–Trinajstić information content (AvgIpc) is 0. The Balaban J connectivity index is 0. The molecule has 38 valence electrons. The van der Waals surface area contributed by atoms with Gasteiger partial charge in [-0.3, -0.25) is 0 Å². The van der Waals surface area contributed by atoms with Gasteiger partial charge in [0.25, 0.3) is 0 Å². The summed E-state index contributed by atoms with van der Waals surface area (Å²) < 4.78 is 0. The molecule has 0 radical (unpaired) electrons. The Hall–Kier alpha value is 4.14. The van der Waals surface area contributed by atoms with Gasteiger partial charge in [-0.2, -0.15) is 0 Å². The van der Waals surface area contributed by atoms with E-state index >= 15 is 0 Å². The van der Waals surface area contributed by atoms with Gasteiger partial charge >= 0.3 is 116 Å². The van der Waals surface area contributed by atoms with Crippen molar-refractivity contribution < 1.29 is 159 Å². The smallest absolute Gasteiger partial charge is 0.412 e. The number of hydrogen-bond acceptors (Lipinski definition) is 0. The minimum Gasteiger partial charge on any atom is -0.412 e. The van der Waals surface area contributed by atoms with E-state index in [1.807, 2.05) is 0 Å². The third kappa shape index (κ3) is 39.2. The van der Waals surface area contributed by atoms with E-state index in [2.05, 4.69) is 0 Å². The van der Waals surface area contributed by atoms with Crippen LogP contribution in [0, 0.1) is 0 Å². The van der Waals surface area contributed by atoms with Crippen LogP contribution in [0.15, 0.2) is 0 Å². The largest absolute Gasteiger partial charge is 1.00 e. The number of hydrogen-bond donors (Lipinski definition) is 0. The van der Waals surface area contributed by atoms with Gasteiger partial charge in [-0.15, -0.1) is 0 Å². The summed E-state index contributed by atoms with van der Waals surface area (Å²) in [6.45, 7) is 0. The van der Waals surface area contributed by atoms with Crippen molar-refractivity contribution >= 4 is 0 Å². The minimum atomic E-state index is 0. The third-order valence-corrected chi connectivity index (χ3v) is 0. The van der Waals surface area contributed by atoms with Gasteiger partial charge in [0.1, 0.15) is 0 Å². The molecule has 0 fully saturated rings. The predicted molar refractivity (Wildman–Crippen MR) is 14.5 cm³/mol. The summed E-state index contributed by atoms with van der Waals surface area (Å²) in [6, 6.07) is 0. The number of rotatable bonds is 0. The molecule has 0 spiro atoms. The Kier molecular flexibility index (Phi) is 472. The second-order valence-electron chi connectivity index (χ2n) is 0. The molecule has 7 heteroatoms. The predicted octanol–water partition coefficient (Wildman–Crippen LogP) is -9.29. The monoisotopic (exact) mass is 426 g/mol. The van der Waals surface area contributed by atoms with E-state index in [-0.39, 0.29) is 159 Å². The molecule has 0 aliphatic carbocycles. The summed E-state index contributed by atoms with van der Waals surface area (Å²) in [6.07, 6.45) is 0. The quantitative estimate of drug-likeness (QED) is 0.365. The van der Waals surface area contributed by atoms with Crippen LogP contribution in [0.2, 0.25) is 0 Å². The fraction of sp³-hybridized carbons (Fsp3) is 0. The molecule has 0 heterocycles. The Bertz CT molecular complexity index is 9.65. The van der Waals surface area contributed by atoms with E-state index in [0.29, 0.717) is 0 Å². The first-order valence-corrected chi connectivity index (χ1v) is 0. The first kappa shape index (κ1) is 66.8. The SMILES string of the molecule is O.O.O.O.[Rb+].[Rb+].[W]. The van der Waals surface area contributed by atoms with Crippen LogP contribution in [0.25, 0.3) is 0 Å². The van der Waals surface area contributed by atoms with Gasteiger partial charge in [-0.05, 0) is 0 Å². The van der Waals surface area contributed by atoms with Crippen molar-refractivity contribution in [2.75, 3.05) is 0 Å². The van der Waals surface area contributed by atoms with Crippen LogP contribution in [0.3, 0.4) is 0 Å². The molecule has 0 aromatic carbocycles. The zero-order valence-electron chi connectivity index (χ0n) is 4.41. The first-order valence-electron chi connectivity index (χ1n) is 0. The van der Waals surface area contributed by atoms with E-state index in [9.17, 15) is 0 Å². The van der Waals surface area contributed by atoms with Crippen LogP contribution in [0.4, 0.5) is 0 Å². The molecule has 0 aliphatic heterocycles.